The average molecular weight is 360 g/mol. The Hall–Kier alpha value is -0.940. The summed E-state index contributed by atoms with van der Waals surface area (Å²) in [5.74, 6) is 0.457. The van der Waals surface area contributed by atoms with Crippen LogP contribution in [-0.2, 0) is 0 Å². The smallest absolute Gasteiger partial charge is 0.144 e. The molecule has 1 aromatic carbocycles. The molecular weight excluding hydrogens is 351 g/mol. The quantitative estimate of drug-likeness (QED) is 0.833. The molecule has 0 aliphatic carbocycles. The van der Waals surface area contributed by atoms with Gasteiger partial charge in [-0.1, -0.05) is 0 Å². The van der Waals surface area contributed by atoms with E-state index in [9.17, 15) is 4.39 Å². The molecule has 0 radical (unpaired) electrons. The Kier molecular flexibility index (Phi) is 3.79. The van der Waals surface area contributed by atoms with Crippen molar-refractivity contribution in [2.45, 2.75) is 6.92 Å². The fourth-order valence-electron chi connectivity index (χ4n) is 1.40. The highest BCUT2D eigenvalue weighted by Gasteiger charge is 2.05. The second-order valence-corrected chi connectivity index (χ2v) is 5.34. The molecular formula is C12H9Br2FN2. The Morgan fingerprint density at radius 2 is 2.00 bits per heavy atom. The molecule has 0 saturated carbocycles. The summed E-state index contributed by atoms with van der Waals surface area (Å²) in [7, 11) is 0. The van der Waals surface area contributed by atoms with Gasteiger partial charge < -0.3 is 5.32 Å². The summed E-state index contributed by atoms with van der Waals surface area (Å²) in [5, 5.41) is 3.15. The first-order chi connectivity index (χ1) is 8.06. The first kappa shape index (κ1) is 12.5. The molecule has 0 aliphatic rings. The summed E-state index contributed by atoms with van der Waals surface area (Å²) < 4.78 is 14.7. The zero-order chi connectivity index (χ0) is 12.4. The van der Waals surface area contributed by atoms with E-state index in [1.165, 1.54) is 12.1 Å². The molecule has 0 bridgehead atoms. The third-order valence-corrected chi connectivity index (χ3v) is 3.29. The van der Waals surface area contributed by atoms with E-state index in [1.807, 2.05) is 13.0 Å². The number of halogens is 3. The molecule has 0 fully saturated rings. The summed E-state index contributed by atoms with van der Waals surface area (Å²) in [6.45, 7) is 1.85. The largest absolute Gasteiger partial charge is 0.339 e. The third kappa shape index (κ3) is 3.04. The zero-order valence-corrected chi connectivity index (χ0v) is 12.1. The number of aryl methyl sites for hydroxylation is 1. The number of nitrogens with one attached hydrogen (secondary N) is 1. The average Bonchev–Trinajstić information content (AvgIpc) is 2.25. The van der Waals surface area contributed by atoms with E-state index in [0.717, 1.165) is 20.2 Å². The van der Waals surface area contributed by atoms with E-state index in [-0.39, 0.29) is 5.82 Å². The van der Waals surface area contributed by atoms with Crippen LogP contribution in [0.1, 0.15) is 5.56 Å². The Morgan fingerprint density at radius 1 is 1.24 bits per heavy atom. The van der Waals surface area contributed by atoms with Crippen LogP contribution in [0.5, 0.6) is 0 Å². The maximum absolute atomic E-state index is 13.0. The lowest BCUT2D eigenvalue weighted by Gasteiger charge is -2.10. The normalized spacial score (nSPS) is 10.4. The Labute approximate surface area is 116 Å². The van der Waals surface area contributed by atoms with Crippen LogP contribution in [-0.4, -0.2) is 4.98 Å². The Morgan fingerprint density at radius 3 is 2.65 bits per heavy atom. The van der Waals surface area contributed by atoms with Crippen molar-refractivity contribution in [3.8, 4) is 0 Å². The number of nitrogens with zero attached hydrogens (tertiary/aromatic N) is 1. The summed E-state index contributed by atoms with van der Waals surface area (Å²) in [5.41, 5.74) is 1.67. The van der Waals surface area contributed by atoms with Crippen LogP contribution >= 0.6 is 31.9 Å². The number of hydrogen-bond acceptors (Lipinski definition) is 2. The molecule has 88 valence electrons. The standard InChI is InChI=1S/C12H9Br2FN2/c1-7-4-9(15)2-3-11(7)17-12-10(14)5-8(13)6-16-12/h2-6H,1H3,(H,16,17). The van der Waals surface area contributed by atoms with Crippen molar-refractivity contribution in [3.63, 3.8) is 0 Å². The first-order valence-corrected chi connectivity index (χ1v) is 6.49. The van der Waals surface area contributed by atoms with Gasteiger partial charge in [0.15, 0.2) is 0 Å². The number of anilines is 2. The van der Waals surface area contributed by atoms with Gasteiger partial charge in [0.2, 0.25) is 0 Å². The van der Waals surface area contributed by atoms with Crippen LogP contribution in [0.15, 0.2) is 39.4 Å². The van der Waals surface area contributed by atoms with Crippen molar-refractivity contribution in [1.29, 1.82) is 0 Å². The monoisotopic (exact) mass is 358 g/mol. The van der Waals surface area contributed by atoms with Gasteiger partial charge in [-0.2, -0.15) is 0 Å². The van der Waals surface area contributed by atoms with Crippen molar-refractivity contribution >= 4 is 43.4 Å². The summed E-state index contributed by atoms with van der Waals surface area (Å²) in [6, 6.07) is 6.49. The second kappa shape index (κ2) is 5.14. The van der Waals surface area contributed by atoms with E-state index >= 15 is 0 Å². The van der Waals surface area contributed by atoms with Crippen LogP contribution in [0.25, 0.3) is 0 Å². The highest BCUT2D eigenvalue weighted by molar-refractivity contribution is 9.11. The molecule has 0 spiro atoms. The predicted molar refractivity (Wildman–Crippen MR) is 74.1 cm³/mol. The maximum atomic E-state index is 13.0. The minimum absolute atomic E-state index is 0.240. The van der Waals surface area contributed by atoms with E-state index in [0.29, 0.717) is 5.82 Å². The summed E-state index contributed by atoms with van der Waals surface area (Å²) in [4.78, 5) is 4.24. The zero-order valence-electron chi connectivity index (χ0n) is 8.97. The van der Waals surface area contributed by atoms with Crippen molar-refractivity contribution < 1.29 is 4.39 Å². The van der Waals surface area contributed by atoms with Gasteiger partial charge in [0, 0.05) is 16.4 Å². The third-order valence-electron chi connectivity index (χ3n) is 2.25. The number of benzene rings is 1. The van der Waals surface area contributed by atoms with Crippen LogP contribution in [0, 0.1) is 12.7 Å². The fraction of sp³-hybridized carbons (Fsp3) is 0.0833. The van der Waals surface area contributed by atoms with Crippen LogP contribution in [0.4, 0.5) is 15.9 Å². The van der Waals surface area contributed by atoms with Crippen LogP contribution in [0.3, 0.4) is 0 Å². The molecule has 2 rings (SSSR count). The SMILES string of the molecule is Cc1cc(F)ccc1Nc1ncc(Br)cc1Br. The molecule has 1 heterocycles. The molecule has 0 amide bonds. The van der Waals surface area contributed by atoms with Crippen molar-refractivity contribution in [2.24, 2.45) is 0 Å². The van der Waals surface area contributed by atoms with Gasteiger partial charge >= 0.3 is 0 Å². The number of pyridine rings is 1. The van der Waals surface area contributed by atoms with Gasteiger partial charge in [-0.3, -0.25) is 0 Å². The molecule has 17 heavy (non-hydrogen) atoms. The van der Waals surface area contributed by atoms with Gasteiger partial charge in [0.05, 0.1) is 4.47 Å². The van der Waals surface area contributed by atoms with Gasteiger partial charge in [0.25, 0.3) is 0 Å². The maximum Gasteiger partial charge on any atom is 0.144 e. The van der Waals surface area contributed by atoms with Gasteiger partial charge in [-0.15, -0.1) is 0 Å². The van der Waals surface area contributed by atoms with E-state index in [4.69, 9.17) is 0 Å². The highest BCUT2D eigenvalue weighted by Crippen LogP contribution is 2.27. The molecule has 5 heteroatoms. The van der Waals surface area contributed by atoms with Gasteiger partial charge in [-0.05, 0) is 68.6 Å². The molecule has 1 N–H and O–H groups in total. The number of rotatable bonds is 2. The van der Waals surface area contributed by atoms with E-state index < -0.39 is 0 Å². The molecule has 2 aromatic rings. The number of hydrogen-bond donors (Lipinski definition) is 1. The summed E-state index contributed by atoms with van der Waals surface area (Å²) >= 11 is 6.75. The Bertz CT molecular complexity index is 509. The van der Waals surface area contributed by atoms with Crippen LogP contribution in [0.2, 0.25) is 0 Å². The van der Waals surface area contributed by atoms with E-state index in [2.05, 4.69) is 42.2 Å². The minimum atomic E-state index is -0.240. The molecule has 0 aliphatic heterocycles. The minimum Gasteiger partial charge on any atom is -0.339 e. The predicted octanol–water partition coefficient (Wildman–Crippen LogP) is 4.80. The van der Waals surface area contributed by atoms with Crippen LogP contribution < -0.4 is 5.32 Å². The molecule has 0 saturated heterocycles. The first-order valence-electron chi connectivity index (χ1n) is 4.90. The fourth-order valence-corrected chi connectivity index (χ4v) is 2.49. The second-order valence-electron chi connectivity index (χ2n) is 3.57. The lowest BCUT2D eigenvalue weighted by atomic mass is 10.2. The van der Waals surface area contributed by atoms with E-state index in [1.54, 1.807) is 12.3 Å². The van der Waals surface area contributed by atoms with Gasteiger partial charge in [-0.25, -0.2) is 9.37 Å². The van der Waals surface area contributed by atoms with Crippen molar-refractivity contribution in [3.05, 3.63) is 50.8 Å². The van der Waals surface area contributed by atoms with Crippen molar-refractivity contribution in [1.82, 2.24) is 4.98 Å². The van der Waals surface area contributed by atoms with Crippen molar-refractivity contribution in [2.75, 3.05) is 5.32 Å². The molecule has 0 unspecified atom stereocenters. The molecule has 2 nitrogen and oxygen atoms in total. The lowest BCUT2D eigenvalue weighted by Crippen LogP contribution is -1.97. The lowest BCUT2D eigenvalue weighted by molar-refractivity contribution is 0.627. The topological polar surface area (TPSA) is 24.9 Å². The Balaban J connectivity index is 2.31. The number of aromatic nitrogens is 1. The molecule has 1 aromatic heterocycles. The molecule has 0 atom stereocenters. The highest BCUT2D eigenvalue weighted by atomic mass is 79.9. The van der Waals surface area contributed by atoms with Gasteiger partial charge in [0.1, 0.15) is 11.6 Å². The summed E-state index contributed by atoms with van der Waals surface area (Å²) in [6.07, 6.45) is 1.70.